The van der Waals surface area contributed by atoms with Crippen molar-refractivity contribution < 1.29 is 13.9 Å². The van der Waals surface area contributed by atoms with Crippen molar-refractivity contribution in [3.05, 3.63) is 64.5 Å². The van der Waals surface area contributed by atoms with E-state index >= 15 is 0 Å². The predicted molar refractivity (Wildman–Crippen MR) is 97.2 cm³/mol. The largest absolute Gasteiger partial charge is 0.491 e. The summed E-state index contributed by atoms with van der Waals surface area (Å²) < 4.78 is 17.0. The summed E-state index contributed by atoms with van der Waals surface area (Å²) in [7, 11) is 0. The number of epoxide rings is 1. The molecule has 1 atom stereocenters. The Morgan fingerprint density at radius 3 is 2.60 bits per heavy atom. The van der Waals surface area contributed by atoms with Crippen LogP contribution in [0.1, 0.15) is 25.5 Å². The average Bonchev–Trinajstić information content (AvgIpc) is 3.44. The number of rotatable bonds is 5. The molecule has 0 saturated carbocycles. The molecular weight excluding hydrogens is 316 g/mol. The molecule has 0 aliphatic carbocycles. The van der Waals surface area contributed by atoms with Crippen LogP contribution in [0.2, 0.25) is 0 Å². The lowest BCUT2D eigenvalue weighted by molar-refractivity contribution is 0.263. The van der Waals surface area contributed by atoms with E-state index in [1.165, 1.54) is 0 Å². The summed E-state index contributed by atoms with van der Waals surface area (Å²) >= 11 is 0. The monoisotopic (exact) mass is 336 g/mol. The summed E-state index contributed by atoms with van der Waals surface area (Å²) in [6.07, 6.45) is 0.189. The number of benzene rings is 2. The SMILES string of the molecule is CC(C)c1oc2cc(OCC3CO3)ccc2c(=O)c1-c1ccccc1. The maximum Gasteiger partial charge on any atom is 0.200 e. The molecule has 0 radical (unpaired) electrons. The molecule has 1 aliphatic rings. The average molecular weight is 336 g/mol. The first-order valence-corrected chi connectivity index (χ1v) is 8.54. The van der Waals surface area contributed by atoms with Crippen molar-refractivity contribution in [3.8, 4) is 16.9 Å². The van der Waals surface area contributed by atoms with Gasteiger partial charge in [0.2, 0.25) is 5.43 Å². The zero-order valence-corrected chi connectivity index (χ0v) is 14.3. The van der Waals surface area contributed by atoms with Gasteiger partial charge < -0.3 is 13.9 Å². The van der Waals surface area contributed by atoms with Crippen LogP contribution in [0.3, 0.4) is 0 Å². The molecule has 0 spiro atoms. The molecule has 1 aliphatic heterocycles. The highest BCUT2D eigenvalue weighted by Crippen LogP contribution is 2.31. The Labute approximate surface area is 146 Å². The molecule has 4 rings (SSSR count). The van der Waals surface area contributed by atoms with Crippen molar-refractivity contribution >= 4 is 11.0 Å². The lowest BCUT2D eigenvalue weighted by Crippen LogP contribution is -2.10. The molecule has 3 aromatic rings. The van der Waals surface area contributed by atoms with Crippen LogP contribution in [0.25, 0.3) is 22.1 Å². The highest BCUT2D eigenvalue weighted by molar-refractivity contribution is 5.84. The van der Waals surface area contributed by atoms with Gasteiger partial charge in [0.15, 0.2) is 0 Å². The lowest BCUT2D eigenvalue weighted by atomic mass is 9.97. The molecule has 2 aromatic carbocycles. The Balaban J connectivity index is 1.85. The molecule has 1 unspecified atom stereocenters. The first-order chi connectivity index (χ1) is 12.1. The van der Waals surface area contributed by atoms with Crippen molar-refractivity contribution in [2.24, 2.45) is 0 Å². The minimum Gasteiger partial charge on any atom is -0.491 e. The van der Waals surface area contributed by atoms with E-state index in [1.54, 1.807) is 12.1 Å². The van der Waals surface area contributed by atoms with Crippen LogP contribution >= 0.6 is 0 Å². The first kappa shape index (κ1) is 15.9. The quantitative estimate of drug-likeness (QED) is 0.650. The Hall–Kier alpha value is -2.59. The molecule has 128 valence electrons. The second-order valence-electron chi connectivity index (χ2n) is 6.62. The van der Waals surface area contributed by atoms with Gasteiger partial charge in [-0.05, 0) is 17.7 Å². The molecule has 4 nitrogen and oxygen atoms in total. The summed E-state index contributed by atoms with van der Waals surface area (Å²) in [6, 6.07) is 15.1. The van der Waals surface area contributed by atoms with Gasteiger partial charge in [-0.3, -0.25) is 4.79 Å². The van der Waals surface area contributed by atoms with Gasteiger partial charge in [-0.25, -0.2) is 0 Å². The summed E-state index contributed by atoms with van der Waals surface area (Å²) in [5, 5.41) is 0.568. The normalized spacial score (nSPS) is 16.4. The fraction of sp³-hybridized carbons (Fsp3) is 0.286. The van der Waals surface area contributed by atoms with Gasteiger partial charge in [0, 0.05) is 12.0 Å². The van der Waals surface area contributed by atoms with Crippen LogP contribution in [0, 0.1) is 0 Å². The summed E-state index contributed by atoms with van der Waals surface area (Å²) in [4.78, 5) is 13.1. The number of hydrogen-bond donors (Lipinski definition) is 0. The van der Waals surface area contributed by atoms with Crippen LogP contribution < -0.4 is 10.2 Å². The Bertz CT molecular complexity index is 953. The Kier molecular flexibility index (Phi) is 4.06. The van der Waals surface area contributed by atoms with Crippen LogP contribution in [0.15, 0.2) is 57.7 Å². The zero-order chi connectivity index (χ0) is 17.4. The molecule has 1 aromatic heterocycles. The number of hydrogen-bond acceptors (Lipinski definition) is 4. The summed E-state index contributed by atoms with van der Waals surface area (Å²) in [6.45, 7) is 5.33. The van der Waals surface area contributed by atoms with E-state index in [1.807, 2.05) is 50.2 Å². The molecule has 1 fully saturated rings. The van der Waals surface area contributed by atoms with E-state index in [0.29, 0.717) is 34.6 Å². The van der Waals surface area contributed by atoms with Crippen molar-refractivity contribution in [3.63, 3.8) is 0 Å². The minimum atomic E-state index is -0.00627. The summed E-state index contributed by atoms with van der Waals surface area (Å²) in [5.74, 6) is 1.48. The second kappa shape index (κ2) is 6.37. The van der Waals surface area contributed by atoms with Crippen LogP contribution in [0.5, 0.6) is 5.75 Å². The van der Waals surface area contributed by atoms with E-state index in [9.17, 15) is 4.79 Å². The van der Waals surface area contributed by atoms with Gasteiger partial charge in [-0.1, -0.05) is 44.2 Å². The fourth-order valence-electron chi connectivity index (χ4n) is 2.92. The number of ether oxygens (including phenoxy) is 2. The molecule has 1 saturated heterocycles. The van der Waals surface area contributed by atoms with Crippen molar-refractivity contribution in [1.29, 1.82) is 0 Å². The first-order valence-electron chi connectivity index (χ1n) is 8.54. The lowest BCUT2D eigenvalue weighted by Gasteiger charge is -2.13. The van der Waals surface area contributed by atoms with Crippen LogP contribution in [-0.2, 0) is 4.74 Å². The van der Waals surface area contributed by atoms with Gasteiger partial charge in [-0.2, -0.15) is 0 Å². The maximum atomic E-state index is 13.1. The van der Waals surface area contributed by atoms with E-state index in [-0.39, 0.29) is 17.5 Å². The van der Waals surface area contributed by atoms with Crippen LogP contribution in [0.4, 0.5) is 0 Å². The molecule has 2 heterocycles. The van der Waals surface area contributed by atoms with Gasteiger partial charge in [0.05, 0.1) is 17.6 Å². The van der Waals surface area contributed by atoms with Crippen molar-refractivity contribution in [2.75, 3.05) is 13.2 Å². The smallest absolute Gasteiger partial charge is 0.200 e. The third-order valence-electron chi connectivity index (χ3n) is 4.32. The van der Waals surface area contributed by atoms with E-state index in [2.05, 4.69) is 0 Å². The standard InChI is InChI=1S/C21H20O4/c1-13(2)21-19(14-6-4-3-5-7-14)20(22)17-9-8-15(10-18(17)25-21)23-11-16-12-24-16/h3-10,13,16H,11-12H2,1-2H3. The van der Waals surface area contributed by atoms with Gasteiger partial charge in [-0.15, -0.1) is 0 Å². The van der Waals surface area contributed by atoms with Gasteiger partial charge in [0.1, 0.15) is 29.8 Å². The molecule has 25 heavy (non-hydrogen) atoms. The molecule has 0 bridgehead atoms. The molecule has 4 heteroatoms. The van der Waals surface area contributed by atoms with E-state index in [4.69, 9.17) is 13.9 Å². The molecular formula is C21H20O4. The van der Waals surface area contributed by atoms with E-state index < -0.39 is 0 Å². The highest BCUT2D eigenvalue weighted by atomic mass is 16.6. The zero-order valence-electron chi connectivity index (χ0n) is 14.3. The van der Waals surface area contributed by atoms with Gasteiger partial charge in [0.25, 0.3) is 0 Å². The fourth-order valence-corrected chi connectivity index (χ4v) is 2.92. The van der Waals surface area contributed by atoms with Crippen molar-refractivity contribution in [2.45, 2.75) is 25.9 Å². The topological polar surface area (TPSA) is 52.0 Å². The molecule has 0 amide bonds. The predicted octanol–water partition coefficient (Wildman–Crippen LogP) is 4.36. The maximum absolute atomic E-state index is 13.1. The highest BCUT2D eigenvalue weighted by Gasteiger charge is 2.23. The minimum absolute atomic E-state index is 0.00627. The Morgan fingerprint density at radius 1 is 1.16 bits per heavy atom. The van der Waals surface area contributed by atoms with E-state index in [0.717, 1.165) is 12.2 Å². The second-order valence-corrected chi connectivity index (χ2v) is 6.62. The Morgan fingerprint density at radius 2 is 1.92 bits per heavy atom. The molecule has 0 N–H and O–H groups in total. The third kappa shape index (κ3) is 3.17. The van der Waals surface area contributed by atoms with Crippen molar-refractivity contribution in [1.82, 2.24) is 0 Å². The van der Waals surface area contributed by atoms with Gasteiger partial charge >= 0.3 is 0 Å². The number of fused-ring (bicyclic) bond motifs is 1. The summed E-state index contributed by atoms with van der Waals surface area (Å²) in [5.41, 5.74) is 2.08. The third-order valence-corrected chi connectivity index (χ3v) is 4.32. The van der Waals surface area contributed by atoms with Crippen LogP contribution in [-0.4, -0.2) is 19.3 Å².